The quantitative estimate of drug-likeness (QED) is 0.575. The summed E-state index contributed by atoms with van der Waals surface area (Å²) < 4.78 is 6.14. The van der Waals surface area contributed by atoms with E-state index in [9.17, 15) is 0 Å². The molecule has 1 aliphatic heterocycles. The molecule has 0 saturated carbocycles. The van der Waals surface area contributed by atoms with Gasteiger partial charge in [-0.15, -0.1) is 0 Å². The standard InChI is InChI=1S/C19H27BrN6O/c1-4-21-19(22-13-18-23-15(3)27-24-18)26-11-9-25(10-12-26)14(2)16-5-7-17(20)8-6-16/h5-8,14H,4,9-13H2,1-3H3,(H,21,22). The van der Waals surface area contributed by atoms with E-state index in [2.05, 4.69) is 84.3 Å². The number of nitrogens with one attached hydrogen (secondary N) is 1. The molecular formula is C19H27BrN6O. The van der Waals surface area contributed by atoms with Gasteiger partial charge in [0.1, 0.15) is 6.54 Å². The Balaban J connectivity index is 1.59. The molecule has 1 saturated heterocycles. The normalized spacial score (nSPS) is 17.2. The zero-order valence-corrected chi connectivity index (χ0v) is 17.7. The number of halogens is 1. The second-order valence-electron chi connectivity index (χ2n) is 6.65. The van der Waals surface area contributed by atoms with E-state index >= 15 is 0 Å². The van der Waals surface area contributed by atoms with Gasteiger partial charge in [-0.3, -0.25) is 4.90 Å². The number of nitrogens with zero attached hydrogens (tertiary/aromatic N) is 5. The van der Waals surface area contributed by atoms with E-state index < -0.39 is 0 Å². The summed E-state index contributed by atoms with van der Waals surface area (Å²) in [5.74, 6) is 2.10. The summed E-state index contributed by atoms with van der Waals surface area (Å²) in [4.78, 5) is 13.7. The Hall–Kier alpha value is -1.93. The summed E-state index contributed by atoms with van der Waals surface area (Å²) in [5, 5.41) is 7.29. The number of benzene rings is 1. The first-order chi connectivity index (χ1) is 13.1. The summed E-state index contributed by atoms with van der Waals surface area (Å²) in [6.45, 7) is 11.3. The summed E-state index contributed by atoms with van der Waals surface area (Å²) in [6, 6.07) is 9.01. The fourth-order valence-corrected chi connectivity index (χ4v) is 3.51. The van der Waals surface area contributed by atoms with Gasteiger partial charge in [0.15, 0.2) is 11.8 Å². The third-order valence-corrected chi connectivity index (χ3v) is 5.32. The van der Waals surface area contributed by atoms with Crippen LogP contribution in [0.25, 0.3) is 0 Å². The van der Waals surface area contributed by atoms with Crippen molar-refractivity contribution in [3.8, 4) is 0 Å². The summed E-state index contributed by atoms with van der Waals surface area (Å²) in [7, 11) is 0. The fraction of sp³-hybridized carbons (Fsp3) is 0.526. The first-order valence-electron chi connectivity index (χ1n) is 9.38. The van der Waals surface area contributed by atoms with E-state index in [4.69, 9.17) is 4.52 Å². The minimum atomic E-state index is 0.405. The second kappa shape index (κ2) is 9.32. The molecule has 1 aromatic heterocycles. The van der Waals surface area contributed by atoms with Crippen molar-refractivity contribution in [1.82, 2.24) is 25.3 Å². The van der Waals surface area contributed by atoms with Crippen LogP contribution in [0.1, 0.15) is 37.2 Å². The third-order valence-electron chi connectivity index (χ3n) is 4.79. The number of hydrogen-bond acceptors (Lipinski definition) is 5. The molecule has 27 heavy (non-hydrogen) atoms. The van der Waals surface area contributed by atoms with Gasteiger partial charge in [-0.2, -0.15) is 4.98 Å². The van der Waals surface area contributed by atoms with Crippen molar-refractivity contribution >= 4 is 21.9 Å². The highest BCUT2D eigenvalue weighted by Gasteiger charge is 2.23. The Kier molecular flexibility index (Phi) is 6.84. The molecule has 1 aliphatic rings. The van der Waals surface area contributed by atoms with Gasteiger partial charge < -0.3 is 14.7 Å². The van der Waals surface area contributed by atoms with Crippen LogP contribution in [-0.4, -0.2) is 58.6 Å². The molecule has 1 fully saturated rings. The van der Waals surface area contributed by atoms with Crippen LogP contribution >= 0.6 is 15.9 Å². The number of rotatable bonds is 5. The average molecular weight is 435 g/mol. The summed E-state index contributed by atoms with van der Waals surface area (Å²) in [5.41, 5.74) is 1.35. The smallest absolute Gasteiger partial charge is 0.223 e. The first kappa shape index (κ1) is 19.8. The molecule has 8 heteroatoms. The van der Waals surface area contributed by atoms with Gasteiger partial charge in [-0.05, 0) is 31.5 Å². The van der Waals surface area contributed by atoms with E-state index in [1.54, 1.807) is 6.92 Å². The average Bonchev–Trinajstić information content (AvgIpc) is 3.10. The van der Waals surface area contributed by atoms with Crippen molar-refractivity contribution in [2.75, 3.05) is 32.7 Å². The molecule has 0 amide bonds. The zero-order chi connectivity index (χ0) is 19.2. The lowest BCUT2D eigenvalue weighted by atomic mass is 10.1. The first-order valence-corrected chi connectivity index (χ1v) is 10.2. The number of guanidine groups is 1. The summed E-state index contributed by atoms with van der Waals surface area (Å²) >= 11 is 3.51. The predicted molar refractivity (Wildman–Crippen MR) is 110 cm³/mol. The van der Waals surface area contributed by atoms with Crippen molar-refractivity contribution in [2.24, 2.45) is 4.99 Å². The van der Waals surface area contributed by atoms with Crippen LogP contribution in [-0.2, 0) is 6.54 Å². The SMILES string of the molecule is CCNC(=NCc1noc(C)n1)N1CCN(C(C)c2ccc(Br)cc2)CC1. The van der Waals surface area contributed by atoms with Crippen molar-refractivity contribution in [3.63, 3.8) is 0 Å². The number of aliphatic imine (C=N–C) groups is 1. The lowest BCUT2D eigenvalue weighted by molar-refractivity contribution is 0.138. The third kappa shape index (κ3) is 5.29. The van der Waals surface area contributed by atoms with Crippen LogP contribution in [0.4, 0.5) is 0 Å². The van der Waals surface area contributed by atoms with Crippen molar-refractivity contribution in [1.29, 1.82) is 0 Å². The highest BCUT2D eigenvalue weighted by Crippen LogP contribution is 2.23. The largest absolute Gasteiger partial charge is 0.357 e. The van der Waals surface area contributed by atoms with Gasteiger partial charge in [0, 0.05) is 50.2 Å². The van der Waals surface area contributed by atoms with Crippen LogP contribution in [0.15, 0.2) is 38.3 Å². The molecule has 2 heterocycles. The molecule has 1 N–H and O–H groups in total. The van der Waals surface area contributed by atoms with Crippen LogP contribution in [0.2, 0.25) is 0 Å². The molecule has 1 aromatic carbocycles. The lowest BCUT2D eigenvalue weighted by Gasteiger charge is -2.39. The number of aryl methyl sites for hydroxylation is 1. The fourth-order valence-electron chi connectivity index (χ4n) is 3.25. The second-order valence-corrected chi connectivity index (χ2v) is 7.57. The van der Waals surface area contributed by atoms with Crippen LogP contribution in [0.5, 0.6) is 0 Å². The molecule has 146 valence electrons. The van der Waals surface area contributed by atoms with Crippen molar-refractivity contribution < 1.29 is 4.52 Å². The Morgan fingerprint density at radius 3 is 2.56 bits per heavy atom. The van der Waals surface area contributed by atoms with Crippen molar-refractivity contribution in [2.45, 2.75) is 33.4 Å². The zero-order valence-electron chi connectivity index (χ0n) is 16.2. The minimum absolute atomic E-state index is 0.405. The highest BCUT2D eigenvalue weighted by molar-refractivity contribution is 9.10. The topological polar surface area (TPSA) is 69.8 Å². The predicted octanol–water partition coefficient (Wildman–Crippen LogP) is 2.98. The molecule has 7 nitrogen and oxygen atoms in total. The van der Waals surface area contributed by atoms with Gasteiger partial charge in [0.2, 0.25) is 5.89 Å². The monoisotopic (exact) mass is 434 g/mol. The van der Waals surface area contributed by atoms with E-state index in [0.717, 1.165) is 43.2 Å². The molecule has 3 rings (SSSR count). The van der Waals surface area contributed by atoms with Crippen molar-refractivity contribution in [3.05, 3.63) is 46.0 Å². The molecule has 0 bridgehead atoms. The maximum atomic E-state index is 5.02. The van der Waals surface area contributed by atoms with Gasteiger partial charge in [-0.1, -0.05) is 33.2 Å². The number of piperazine rings is 1. The maximum Gasteiger partial charge on any atom is 0.223 e. The Morgan fingerprint density at radius 1 is 1.26 bits per heavy atom. The van der Waals surface area contributed by atoms with E-state index in [0.29, 0.717) is 24.3 Å². The van der Waals surface area contributed by atoms with E-state index in [1.807, 2.05) is 0 Å². The van der Waals surface area contributed by atoms with Gasteiger partial charge in [0.05, 0.1) is 0 Å². The molecule has 0 radical (unpaired) electrons. The molecule has 1 atom stereocenters. The van der Waals surface area contributed by atoms with Gasteiger partial charge >= 0.3 is 0 Å². The minimum Gasteiger partial charge on any atom is -0.357 e. The Morgan fingerprint density at radius 2 is 1.96 bits per heavy atom. The molecule has 0 aliphatic carbocycles. The Labute approximate surface area is 169 Å². The molecule has 0 spiro atoms. The Bertz CT molecular complexity index is 752. The van der Waals surface area contributed by atoms with Gasteiger partial charge in [-0.25, -0.2) is 4.99 Å². The van der Waals surface area contributed by atoms with Crippen LogP contribution in [0, 0.1) is 6.92 Å². The number of aromatic nitrogens is 2. The van der Waals surface area contributed by atoms with E-state index in [-0.39, 0.29) is 0 Å². The molecule has 2 aromatic rings. The lowest BCUT2D eigenvalue weighted by Crippen LogP contribution is -2.52. The van der Waals surface area contributed by atoms with E-state index in [1.165, 1.54) is 5.56 Å². The molecular weight excluding hydrogens is 408 g/mol. The molecule has 1 unspecified atom stereocenters. The van der Waals surface area contributed by atoms with Crippen LogP contribution < -0.4 is 5.32 Å². The summed E-state index contributed by atoms with van der Waals surface area (Å²) in [6.07, 6.45) is 0. The van der Waals surface area contributed by atoms with Crippen LogP contribution in [0.3, 0.4) is 0 Å². The maximum absolute atomic E-state index is 5.02. The highest BCUT2D eigenvalue weighted by atomic mass is 79.9. The van der Waals surface area contributed by atoms with Gasteiger partial charge in [0.25, 0.3) is 0 Å². The number of hydrogen-bond donors (Lipinski definition) is 1.